The smallest absolute Gasteiger partial charge is 0.338 e. The molecule has 0 spiro atoms. The number of rotatable bonds is 8. The quantitative estimate of drug-likeness (QED) is 0.624. The number of carbonyl (C=O) groups is 1. The van der Waals surface area contributed by atoms with Crippen LogP contribution >= 0.6 is 0 Å². The van der Waals surface area contributed by atoms with Crippen molar-refractivity contribution in [1.82, 2.24) is 14.8 Å². The second kappa shape index (κ2) is 8.77. The van der Waals surface area contributed by atoms with E-state index < -0.39 is 12.1 Å². The van der Waals surface area contributed by atoms with Crippen molar-refractivity contribution in [3.63, 3.8) is 0 Å². The SMILES string of the molecule is O=C(OCc1ccccc1)c1ccc(OC[C@@H](O)Cn2cncn2)cc1. The third-order valence-corrected chi connectivity index (χ3v) is 3.61. The second-order valence-electron chi connectivity index (χ2n) is 5.67. The van der Waals surface area contributed by atoms with Crippen LogP contribution in [0.15, 0.2) is 67.3 Å². The predicted octanol–water partition coefficient (Wildman–Crippen LogP) is 2.07. The van der Waals surface area contributed by atoms with Crippen molar-refractivity contribution in [1.29, 1.82) is 0 Å². The van der Waals surface area contributed by atoms with Gasteiger partial charge in [0.2, 0.25) is 0 Å². The summed E-state index contributed by atoms with van der Waals surface area (Å²) in [6, 6.07) is 16.1. The molecule has 26 heavy (non-hydrogen) atoms. The van der Waals surface area contributed by atoms with Crippen LogP contribution in [0.4, 0.5) is 0 Å². The molecule has 0 saturated heterocycles. The molecule has 1 atom stereocenters. The van der Waals surface area contributed by atoms with Gasteiger partial charge in [0.15, 0.2) is 0 Å². The van der Waals surface area contributed by atoms with Crippen LogP contribution in [0, 0.1) is 0 Å². The first-order valence-corrected chi connectivity index (χ1v) is 8.15. The van der Waals surface area contributed by atoms with Gasteiger partial charge >= 0.3 is 5.97 Å². The molecule has 1 aromatic heterocycles. The Balaban J connectivity index is 1.46. The second-order valence-corrected chi connectivity index (χ2v) is 5.67. The minimum absolute atomic E-state index is 0.109. The van der Waals surface area contributed by atoms with E-state index in [1.165, 1.54) is 17.3 Å². The molecule has 134 valence electrons. The van der Waals surface area contributed by atoms with Crippen LogP contribution in [0.1, 0.15) is 15.9 Å². The normalized spacial score (nSPS) is 11.7. The van der Waals surface area contributed by atoms with Crippen LogP contribution in [0.2, 0.25) is 0 Å². The van der Waals surface area contributed by atoms with Gasteiger partial charge in [-0.2, -0.15) is 5.10 Å². The van der Waals surface area contributed by atoms with E-state index in [1.807, 2.05) is 30.3 Å². The summed E-state index contributed by atoms with van der Waals surface area (Å²) in [4.78, 5) is 15.9. The van der Waals surface area contributed by atoms with Gasteiger partial charge in [0.05, 0.1) is 12.1 Å². The Morgan fingerprint density at radius 3 is 2.58 bits per heavy atom. The third-order valence-electron chi connectivity index (χ3n) is 3.61. The zero-order valence-corrected chi connectivity index (χ0v) is 14.1. The molecule has 0 fully saturated rings. The van der Waals surface area contributed by atoms with E-state index in [1.54, 1.807) is 24.3 Å². The maximum absolute atomic E-state index is 12.1. The van der Waals surface area contributed by atoms with Crippen molar-refractivity contribution in [2.75, 3.05) is 6.61 Å². The van der Waals surface area contributed by atoms with Gasteiger partial charge in [-0.05, 0) is 29.8 Å². The summed E-state index contributed by atoms with van der Waals surface area (Å²) in [5.74, 6) is 0.161. The fourth-order valence-corrected chi connectivity index (χ4v) is 2.28. The number of hydrogen-bond acceptors (Lipinski definition) is 6. The first-order chi connectivity index (χ1) is 12.7. The molecule has 0 bridgehead atoms. The number of nitrogens with zero attached hydrogens (tertiary/aromatic N) is 3. The van der Waals surface area contributed by atoms with Gasteiger partial charge in [0.25, 0.3) is 0 Å². The van der Waals surface area contributed by atoms with Crippen LogP contribution in [0.25, 0.3) is 0 Å². The van der Waals surface area contributed by atoms with E-state index in [9.17, 15) is 9.90 Å². The fraction of sp³-hybridized carbons (Fsp3) is 0.211. The Morgan fingerprint density at radius 2 is 1.88 bits per heavy atom. The van der Waals surface area contributed by atoms with Crippen LogP contribution in [0.5, 0.6) is 5.75 Å². The summed E-state index contributed by atoms with van der Waals surface area (Å²) in [5, 5.41) is 13.8. The molecule has 0 aliphatic carbocycles. The molecule has 0 radical (unpaired) electrons. The maximum atomic E-state index is 12.1. The van der Waals surface area contributed by atoms with Gasteiger partial charge in [0, 0.05) is 0 Å². The average Bonchev–Trinajstić information content (AvgIpc) is 3.18. The number of aromatic nitrogens is 3. The molecular formula is C19H19N3O4. The molecule has 0 aliphatic heterocycles. The highest BCUT2D eigenvalue weighted by Crippen LogP contribution is 2.14. The zero-order valence-electron chi connectivity index (χ0n) is 14.1. The van der Waals surface area contributed by atoms with E-state index >= 15 is 0 Å². The van der Waals surface area contributed by atoms with E-state index in [-0.39, 0.29) is 13.2 Å². The largest absolute Gasteiger partial charge is 0.491 e. The fourth-order valence-electron chi connectivity index (χ4n) is 2.28. The Kier molecular flexibility index (Phi) is 5.95. The van der Waals surface area contributed by atoms with Crippen molar-refractivity contribution < 1.29 is 19.4 Å². The third kappa shape index (κ3) is 5.15. The summed E-state index contributed by atoms with van der Waals surface area (Å²) >= 11 is 0. The first-order valence-electron chi connectivity index (χ1n) is 8.15. The minimum Gasteiger partial charge on any atom is -0.491 e. The number of aliphatic hydroxyl groups excluding tert-OH is 1. The highest BCUT2D eigenvalue weighted by Gasteiger charge is 2.09. The van der Waals surface area contributed by atoms with E-state index in [4.69, 9.17) is 9.47 Å². The first kappa shape index (κ1) is 17.6. The lowest BCUT2D eigenvalue weighted by Gasteiger charge is -2.12. The maximum Gasteiger partial charge on any atom is 0.338 e. The van der Waals surface area contributed by atoms with Gasteiger partial charge in [-0.25, -0.2) is 9.78 Å². The van der Waals surface area contributed by atoms with E-state index in [2.05, 4.69) is 10.1 Å². The van der Waals surface area contributed by atoms with E-state index in [0.717, 1.165) is 5.56 Å². The van der Waals surface area contributed by atoms with Gasteiger partial charge in [-0.1, -0.05) is 30.3 Å². The van der Waals surface area contributed by atoms with Crippen molar-refractivity contribution in [2.45, 2.75) is 19.3 Å². The molecule has 1 heterocycles. The molecule has 3 aromatic rings. The molecule has 1 N–H and O–H groups in total. The molecule has 7 nitrogen and oxygen atoms in total. The number of carbonyl (C=O) groups excluding carboxylic acids is 1. The minimum atomic E-state index is -0.716. The van der Waals surface area contributed by atoms with Crippen molar-refractivity contribution in [3.05, 3.63) is 78.4 Å². The van der Waals surface area contributed by atoms with Gasteiger partial charge in [-0.15, -0.1) is 0 Å². The molecule has 0 aliphatic rings. The highest BCUT2D eigenvalue weighted by molar-refractivity contribution is 5.89. The number of aliphatic hydroxyl groups is 1. The van der Waals surface area contributed by atoms with E-state index in [0.29, 0.717) is 17.9 Å². The van der Waals surface area contributed by atoms with Crippen LogP contribution in [-0.2, 0) is 17.9 Å². The Bertz CT molecular complexity index is 805. The summed E-state index contributed by atoms with van der Waals surface area (Å²) in [6.45, 7) is 0.633. The van der Waals surface area contributed by atoms with Gasteiger partial charge in [0.1, 0.15) is 37.7 Å². The van der Waals surface area contributed by atoms with Crippen LogP contribution in [-0.4, -0.2) is 38.6 Å². The average molecular weight is 353 g/mol. The van der Waals surface area contributed by atoms with Crippen LogP contribution < -0.4 is 4.74 Å². The molecule has 0 unspecified atom stereocenters. The van der Waals surface area contributed by atoms with Gasteiger partial charge < -0.3 is 14.6 Å². The predicted molar refractivity (Wildman–Crippen MR) is 93.5 cm³/mol. The standard InChI is InChI=1S/C19H19N3O4/c23-17(10-22-14-20-13-21-22)12-25-18-8-6-16(7-9-18)19(24)26-11-15-4-2-1-3-5-15/h1-9,13-14,17,23H,10-12H2/t17-/m0/s1. The van der Waals surface area contributed by atoms with Crippen molar-refractivity contribution in [3.8, 4) is 5.75 Å². The Hall–Kier alpha value is -3.19. The Morgan fingerprint density at radius 1 is 1.12 bits per heavy atom. The van der Waals surface area contributed by atoms with Gasteiger partial charge in [-0.3, -0.25) is 4.68 Å². The monoisotopic (exact) mass is 353 g/mol. The molecule has 0 saturated carbocycles. The summed E-state index contributed by atoms with van der Waals surface area (Å²) in [6.07, 6.45) is 2.22. The highest BCUT2D eigenvalue weighted by atomic mass is 16.5. The van der Waals surface area contributed by atoms with Crippen molar-refractivity contribution >= 4 is 5.97 Å². The molecular weight excluding hydrogens is 334 g/mol. The topological polar surface area (TPSA) is 86.5 Å². The number of ether oxygens (including phenoxy) is 2. The Labute approximate surface area is 150 Å². The lowest BCUT2D eigenvalue weighted by Crippen LogP contribution is -2.23. The summed E-state index contributed by atoms with van der Waals surface area (Å²) < 4.78 is 12.3. The van der Waals surface area contributed by atoms with Crippen molar-refractivity contribution in [2.24, 2.45) is 0 Å². The molecule has 2 aromatic carbocycles. The summed E-state index contributed by atoms with van der Waals surface area (Å²) in [5.41, 5.74) is 1.37. The molecule has 7 heteroatoms. The number of esters is 1. The van der Waals surface area contributed by atoms with Crippen LogP contribution in [0.3, 0.4) is 0 Å². The lowest BCUT2D eigenvalue weighted by atomic mass is 10.2. The molecule has 3 rings (SSSR count). The lowest BCUT2D eigenvalue weighted by molar-refractivity contribution is 0.0472. The zero-order chi connectivity index (χ0) is 18.2. The number of hydrogen-bond donors (Lipinski definition) is 1. The number of benzene rings is 2. The molecule has 0 amide bonds. The summed E-state index contributed by atoms with van der Waals surface area (Å²) in [7, 11) is 0.